The van der Waals surface area contributed by atoms with E-state index in [1.165, 1.54) is 0 Å². The molecular formula is C9H10ClIN2. The smallest absolute Gasteiger partial charge is 0.0641 e. The number of hydrogen-bond acceptors (Lipinski definition) is 2. The van der Waals surface area contributed by atoms with Crippen molar-refractivity contribution in [3.05, 3.63) is 33.4 Å². The van der Waals surface area contributed by atoms with E-state index in [-0.39, 0.29) is 18.4 Å². The van der Waals surface area contributed by atoms with Gasteiger partial charge in [-0.25, -0.2) is 0 Å². The van der Waals surface area contributed by atoms with Crippen molar-refractivity contribution in [2.75, 3.05) is 0 Å². The van der Waals surface area contributed by atoms with Crippen LogP contribution >= 0.6 is 35.0 Å². The molecule has 2 N–H and O–H groups in total. The summed E-state index contributed by atoms with van der Waals surface area (Å²) in [5.41, 5.74) is 6.78. The van der Waals surface area contributed by atoms with Gasteiger partial charge in [-0.2, -0.15) is 5.26 Å². The summed E-state index contributed by atoms with van der Waals surface area (Å²) in [6.07, 6.45) is 0.375. The molecule has 0 spiro atoms. The van der Waals surface area contributed by atoms with E-state index in [4.69, 9.17) is 11.0 Å². The molecule has 70 valence electrons. The van der Waals surface area contributed by atoms with Gasteiger partial charge in [0.2, 0.25) is 0 Å². The van der Waals surface area contributed by atoms with Crippen molar-refractivity contribution in [2.45, 2.75) is 12.5 Å². The van der Waals surface area contributed by atoms with Gasteiger partial charge in [-0.15, -0.1) is 12.4 Å². The molecular weight excluding hydrogens is 298 g/mol. The minimum Gasteiger partial charge on any atom is -0.323 e. The summed E-state index contributed by atoms with van der Waals surface area (Å²) in [6, 6.07) is 9.82. The second-order valence-corrected chi connectivity index (χ2v) is 3.77. The van der Waals surface area contributed by atoms with Crippen LogP contribution in [0.25, 0.3) is 0 Å². The maximum Gasteiger partial charge on any atom is 0.0641 e. The van der Waals surface area contributed by atoms with E-state index in [0.717, 1.165) is 9.13 Å². The summed E-state index contributed by atoms with van der Waals surface area (Å²) in [5.74, 6) is 0. The minimum absolute atomic E-state index is 0. The van der Waals surface area contributed by atoms with Crippen LogP contribution in [0.1, 0.15) is 18.0 Å². The zero-order chi connectivity index (χ0) is 8.97. The van der Waals surface area contributed by atoms with Gasteiger partial charge >= 0.3 is 0 Å². The van der Waals surface area contributed by atoms with E-state index in [1.54, 1.807) is 0 Å². The van der Waals surface area contributed by atoms with Crippen LogP contribution in [-0.4, -0.2) is 0 Å². The molecule has 1 atom stereocenters. The number of halogens is 2. The van der Waals surface area contributed by atoms with Gasteiger partial charge in [0.05, 0.1) is 12.5 Å². The molecule has 0 radical (unpaired) electrons. The first kappa shape index (κ1) is 12.7. The van der Waals surface area contributed by atoms with Gasteiger partial charge in [-0.1, -0.05) is 12.1 Å². The van der Waals surface area contributed by atoms with Gasteiger partial charge in [0.15, 0.2) is 0 Å². The lowest BCUT2D eigenvalue weighted by atomic mass is 10.1. The zero-order valence-electron chi connectivity index (χ0n) is 6.90. The molecule has 0 unspecified atom stereocenters. The minimum atomic E-state index is -0.148. The van der Waals surface area contributed by atoms with Crippen LogP contribution in [0.4, 0.5) is 0 Å². The lowest BCUT2D eigenvalue weighted by Crippen LogP contribution is -2.08. The van der Waals surface area contributed by atoms with Crippen molar-refractivity contribution in [3.63, 3.8) is 0 Å². The van der Waals surface area contributed by atoms with Gasteiger partial charge < -0.3 is 5.73 Å². The Morgan fingerprint density at radius 3 is 2.77 bits per heavy atom. The Morgan fingerprint density at radius 2 is 2.23 bits per heavy atom. The highest BCUT2D eigenvalue weighted by atomic mass is 127. The summed E-state index contributed by atoms with van der Waals surface area (Å²) in [5, 5.41) is 8.44. The highest BCUT2D eigenvalue weighted by molar-refractivity contribution is 14.1. The molecule has 0 amide bonds. The largest absolute Gasteiger partial charge is 0.323 e. The first-order chi connectivity index (χ1) is 5.74. The van der Waals surface area contributed by atoms with Gasteiger partial charge in [0, 0.05) is 9.61 Å². The molecule has 0 heterocycles. The van der Waals surface area contributed by atoms with Crippen LogP contribution in [-0.2, 0) is 0 Å². The van der Waals surface area contributed by atoms with Gasteiger partial charge in [0.1, 0.15) is 0 Å². The van der Waals surface area contributed by atoms with Crippen LogP contribution in [0.15, 0.2) is 24.3 Å². The third kappa shape index (κ3) is 3.94. The van der Waals surface area contributed by atoms with Gasteiger partial charge in [-0.05, 0) is 40.3 Å². The molecule has 1 rings (SSSR count). The molecule has 4 heteroatoms. The van der Waals surface area contributed by atoms with Crippen molar-refractivity contribution in [1.82, 2.24) is 0 Å². The van der Waals surface area contributed by atoms with E-state index >= 15 is 0 Å². The predicted octanol–water partition coefficient (Wildman–Crippen LogP) is 2.63. The Kier molecular flexibility index (Phi) is 6.04. The van der Waals surface area contributed by atoms with Crippen molar-refractivity contribution in [1.29, 1.82) is 5.26 Å². The summed E-state index contributed by atoms with van der Waals surface area (Å²) in [7, 11) is 0. The monoisotopic (exact) mass is 308 g/mol. The maximum atomic E-state index is 8.44. The molecule has 0 aliphatic carbocycles. The van der Waals surface area contributed by atoms with Crippen LogP contribution in [0.2, 0.25) is 0 Å². The third-order valence-corrected chi connectivity index (χ3v) is 2.26. The molecule has 0 aliphatic heterocycles. The van der Waals surface area contributed by atoms with Gasteiger partial charge in [0.25, 0.3) is 0 Å². The normalized spacial score (nSPS) is 11.2. The summed E-state index contributed by atoms with van der Waals surface area (Å²) in [4.78, 5) is 0. The fourth-order valence-electron chi connectivity index (χ4n) is 0.953. The molecule has 1 aromatic rings. The molecule has 0 saturated heterocycles. The van der Waals surface area contributed by atoms with E-state index in [0.29, 0.717) is 6.42 Å². The van der Waals surface area contributed by atoms with Crippen molar-refractivity contribution < 1.29 is 0 Å². The SMILES string of the molecule is Cl.N#CC[C@H](N)c1cccc(I)c1. The fourth-order valence-corrected chi connectivity index (χ4v) is 1.52. The summed E-state index contributed by atoms with van der Waals surface area (Å²) < 4.78 is 1.15. The molecule has 1 aromatic carbocycles. The number of nitrogens with two attached hydrogens (primary N) is 1. The Hall–Kier alpha value is -0.310. The average Bonchev–Trinajstić information content (AvgIpc) is 2.05. The number of rotatable bonds is 2. The fraction of sp³-hybridized carbons (Fsp3) is 0.222. The number of benzene rings is 1. The highest BCUT2D eigenvalue weighted by Gasteiger charge is 2.04. The molecule has 0 bridgehead atoms. The average molecular weight is 309 g/mol. The maximum absolute atomic E-state index is 8.44. The first-order valence-electron chi connectivity index (χ1n) is 3.62. The zero-order valence-corrected chi connectivity index (χ0v) is 9.88. The molecule has 2 nitrogen and oxygen atoms in total. The van der Waals surface area contributed by atoms with E-state index in [9.17, 15) is 0 Å². The Bertz CT molecular complexity index is 309. The van der Waals surface area contributed by atoms with E-state index in [1.807, 2.05) is 24.3 Å². The number of nitrogens with zero attached hydrogens (tertiary/aromatic N) is 1. The topological polar surface area (TPSA) is 49.8 Å². The van der Waals surface area contributed by atoms with Crippen molar-refractivity contribution in [2.24, 2.45) is 5.73 Å². The van der Waals surface area contributed by atoms with E-state index < -0.39 is 0 Å². The summed E-state index contributed by atoms with van der Waals surface area (Å²) >= 11 is 2.23. The van der Waals surface area contributed by atoms with Crippen LogP contribution in [0.3, 0.4) is 0 Å². The lowest BCUT2D eigenvalue weighted by Gasteiger charge is -2.07. The lowest BCUT2D eigenvalue weighted by molar-refractivity contribution is 0.748. The molecule has 0 saturated carbocycles. The standard InChI is InChI=1S/C9H9IN2.ClH/c10-8-3-1-2-7(6-8)9(12)4-5-11;/h1-3,6,9H,4,12H2;1H/t9-;/m0./s1. The Balaban J connectivity index is 0.00000144. The van der Waals surface area contributed by atoms with Crippen molar-refractivity contribution in [3.8, 4) is 6.07 Å². The molecule has 0 aromatic heterocycles. The Labute approximate surface area is 97.7 Å². The summed E-state index contributed by atoms with van der Waals surface area (Å²) in [6.45, 7) is 0. The second kappa shape index (κ2) is 6.19. The van der Waals surface area contributed by atoms with Gasteiger partial charge in [-0.3, -0.25) is 0 Å². The first-order valence-corrected chi connectivity index (χ1v) is 4.70. The number of hydrogen-bond donors (Lipinski definition) is 1. The van der Waals surface area contributed by atoms with Crippen molar-refractivity contribution >= 4 is 35.0 Å². The van der Waals surface area contributed by atoms with Crippen LogP contribution < -0.4 is 5.73 Å². The molecule has 0 fully saturated rings. The molecule has 0 aliphatic rings. The quantitative estimate of drug-likeness (QED) is 0.854. The van der Waals surface area contributed by atoms with Crippen LogP contribution in [0.5, 0.6) is 0 Å². The molecule has 13 heavy (non-hydrogen) atoms. The number of nitriles is 1. The van der Waals surface area contributed by atoms with Crippen LogP contribution in [0, 0.1) is 14.9 Å². The Morgan fingerprint density at radius 1 is 1.54 bits per heavy atom. The highest BCUT2D eigenvalue weighted by Crippen LogP contribution is 2.15. The third-order valence-electron chi connectivity index (χ3n) is 1.59. The van der Waals surface area contributed by atoms with E-state index in [2.05, 4.69) is 28.7 Å². The second-order valence-electron chi connectivity index (χ2n) is 2.52. The predicted molar refractivity (Wildman–Crippen MR) is 63.6 cm³/mol.